The maximum absolute atomic E-state index is 5.39. The van der Waals surface area contributed by atoms with E-state index in [2.05, 4.69) is 11.9 Å². The Balaban J connectivity index is 0.000000461. The summed E-state index contributed by atoms with van der Waals surface area (Å²) < 4.78 is 2.03. The fraction of sp³-hybridized carbons (Fsp3) is 0.625. The summed E-state index contributed by atoms with van der Waals surface area (Å²) in [5.41, 5.74) is 5.39. The lowest BCUT2D eigenvalue weighted by Crippen LogP contribution is -2.06. The Morgan fingerprint density at radius 1 is 1.55 bits per heavy atom. The quantitative estimate of drug-likeness (QED) is 0.701. The Kier molecular flexibility index (Phi) is 5.47. The molecule has 0 aliphatic heterocycles. The molecule has 0 spiro atoms. The second kappa shape index (κ2) is 5.92. The standard InChI is InChI=1S/C6H11N3.C2H6/c1-2-9-4-3-8-6(9)5-7;1-2/h3-4H,2,5,7H2,1H3;1-2H3. The van der Waals surface area contributed by atoms with Gasteiger partial charge in [0.25, 0.3) is 0 Å². The van der Waals surface area contributed by atoms with E-state index < -0.39 is 0 Å². The minimum atomic E-state index is 0.529. The van der Waals surface area contributed by atoms with E-state index in [1.54, 1.807) is 6.20 Å². The lowest BCUT2D eigenvalue weighted by atomic mass is 10.6. The maximum atomic E-state index is 5.39. The molecule has 0 saturated carbocycles. The summed E-state index contributed by atoms with van der Waals surface area (Å²) in [4.78, 5) is 4.04. The lowest BCUT2D eigenvalue weighted by Gasteiger charge is -1.98. The first-order valence-electron chi connectivity index (χ1n) is 4.08. The van der Waals surface area contributed by atoms with Gasteiger partial charge in [-0.1, -0.05) is 13.8 Å². The predicted molar refractivity (Wildman–Crippen MR) is 47.1 cm³/mol. The van der Waals surface area contributed by atoms with Crippen LogP contribution in [-0.4, -0.2) is 9.55 Å². The maximum Gasteiger partial charge on any atom is 0.122 e. The van der Waals surface area contributed by atoms with Crippen LogP contribution in [0.15, 0.2) is 12.4 Å². The molecule has 3 heteroatoms. The molecule has 0 saturated heterocycles. The fourth-order valence-corrected chi connectivity index (χ4v) is 0.818. The SMILES string of the molecule is CC.CCn1ccnc1CN. The van der Waals surface area contributed by atoms with Gasteiger partial charge in [0.1, 0.15) is 5.82 Å². The highest BCUT2D eigenvalue weighted by Crippen LogP contribution is 1.93. The van der Waals surface area contributed by atoms with Crippen LogP contribution in [0.3, 0.4) is 0 Å². The molecule has 0 bridgehead atoms. The van der Waals surface area contributed by atoms with E-state index >= 15 is 0 Å². The first-order chi connectivity index (χ1) is 5.38. The normalized spacial score (nSPS) is 8.73. The van der Waals surface area contributed by atoms with Crippen molar-refractivity contribution in [3.8, 4) is 0 Å². The molecular weight excluding hydrogens is 138 g/mol. The number of nitrogens with two attached hydrogens (primary N) is 1. The molecule has 2 N–H and O–H groups in total. The van der Waals surface area contributed by atoms with Crippen molar-refractivity contribution in [2.24, 2.45) is 5.73 Å². The van der Waals surface area contributed by atoms with Gasteiger partial charge in [-0.15, -0.1) is 0 Å². The van der Waals surface area contributed by atoms with Crippen molar-refractivity contribution in [1.82, 2.24) is 9.55 Å². The summed E-state index contributed by atoms with van der Waals surface area (Å²) in [6, 6.07) is 0. The van der Waals surface area contributed by atoms with Crippen molar-refractivity contribution in [3.63, 3.8) is 0 Å². The predicted octanol–water partition coefficient (Wildman–Crippen LogP) is 1.39. The van der Waals surface area contributed by atoms with Gasteiger partial charge in [0.05, 0.1) is 6.54 Å². The van der Waals surface area contributed by atoms with E-state index in [4.69, 9.17) is 5.73 Å². The molecule has 0 atom stereocenters. The van der Waals surface area contributed by atoms with Gasteiger partial charge in [0.2, 0.25) is 0 Å². The molecule has 64 valence electrons. The molecule has 1 rings (SSSR count). The third-order valence-corrected chi connectivity index (χ3v) is 1.32. The minimum absolute atomic E-state index is 0.529. The molecule has 0 aromatic carbocycles. The van der Waals surface area contributed by atoms with Gasteiger partial charge in [-0.3, -0.25) is 0 Å². The van der Waals surface area contributed by atoms with Gasteiger partial charge in [0.15, 0.2) is 0 Å². The van der Waals surface area contributed by atoms with Crippen LogP contribution in [0.25, 0.3) is 0 Å². The third-order valence-electron chi connectivity index (χ3n) is 1.32. The molecule has 0 amide bonds. The van der Waals surface area contributed by atoms with Crippen molar-refractivity contribution in [2.45, 2.75) is 33.9 Å². The molecule has 11 heavy (non-hydrogen) atoms. The van der Waals surface area contributed by atoms with Crippen LogP contribution in [0.2, 0.25) is 0 Å². The molecule has 0 unspecified atom stereocenters. The van der Waals surface area contributed by atoms with Crippen molar-refractivity contribution >= 4 is 0 Å². The van der Waals surface area contributed by atoms with E-state index in [0.29, 0.717) is 6.54 Å². The van der Waals surface area contributed by atoms with Gasteiger partial charge in [-0.05, 0) is 6.92 Å². The topological polar surface area (TPSA) is 43.8 Å². The van der Waals surface area contributed by atoms with Crippen LogP contribution in [-0.2, 0) is 13.1 Å². The summed E-state index contributed by atoms with van der Waals surface area (Å²) in [6.07, 6.45) is 3.70. The number of nitrogens with zero attached hydrogens (tertiary/aromatic N) is 2. The second-order valence-electron chi connectivity index (χ2n) is 1.83. The summed E-state index contributed by atoms with van der Waals surface area (Å²) in [5, 5.41) is 0. The summed E-state index contributed by atoms with van der Waals surface area (Å²) in [5.74, 6) is 0.956. The Bertz CT molecular complexity index is 163. The van der Waals surface area contributed by atoms with Crippen LogP contribution < -0.4 is 5.73 Å². The van der Waals surface area contributed by atoms with Gasteiger partial charge >= 0.3 is 0 Å². The number of imidazole rings is 1. The average molecular weight is 155 g/mol. The lowest BCUT2D eigenvalue weighted by molar-refractivity contribution is 0.698. The Morgan fingerprint density at radius 2 is 2.18 bits per heavy atom. The van der Waals surface area contributed by atoms with E-state index in [9.17, 15) is 0 Å². The largest absolute Gasteiger partial charge is 0.334 e. The fourth-order valence-electron chi connectivity index (χ4n) is 0.818. The second-order valence-corrected chi connectivity index (χ2v) is 1.83. The van der Waals surface area contributed by atoms with Gasteiger partial charge in [-0.2, -0.15) is 0 Å². The van der Waals surface area contributed by atoms with E-state index in [0.717, 1.165) is 12.4 Å². The molecular formula is C8H17N3. The summed E-state index contributed by atoms with van der Waals surface area (Å²) in [7, 11) is 0. The van der Waals surface area contributed by atoms with E-state index in [1.165, 1.54) is 0 Å². The van der Waals surface area contributed by atoms with Crippen molar-refractivity contribution in [1.29, 1.82) is 0 Å². The Hall–Kier alpha value is -0.830. The van der Waals surface area contributed by atoms with Crippen molar-refractivity contribution < 1.29 is 0 Å². The van der Waals surface area contributed by atoms with Crippen LogP contribution in [0.5, 0.6) is 0 Å². The van der Waals surface area contributed by atoms with E-state index in [-0.39, 0.29) is 0 Å². The highest BCUT2D eigenvalue weighted by Gasteiger charge is 1.94. The molecule has 0 aliphatic rings. The van der Waals surface area contributed by atoms with Gasteiger partial charge < -0.3 is 10.3 Å². The smallest absolute Gasteiger partial charge is 0.122 e. The average Bonchev–Trinajstić information content (AvgIpc) is 2.54. The van der Waals surface area contributed by atoms with Crippen molar-refractivity contribution in [2.75, 3.05) is 0 Å². The number of hydrogen-bond acceptors (Lipinski definition) is 2. The van der Waals surface area contributed by atoms with Crippen LogP contribution in [0.4, 0.5) is 0 Å². The van der Waals surface area contributed by atoms with Crippen molar-refractivity contribution in [3.05, 3.63) is 18.2 Å². The molecule has 3 nitrogen and oxygen atoms in total. The minimum Gasteiger partial charge on any atom is -0.334 e. The van der Waals surface area contributed by atoms with Gasteiger partial charge in [-0.25, -0.2) is 4.98 Å². The molecule has 0 radical (unpaired) electrons. The monoisotopic (exact) mass is 155 g/mol. The first kappa shape index (κ1) is 10.2. The number of aryl methyl sites for hydroxylation is 1. The summed E-state index contributed by atoms with van der Waals surface area (Å²) >= 11 is 0. The van der Waals surface area contributed by atoms with Gasteiger partial charge in [0, 0.05) is 18.9 Å². The zero-order valence-electron chi connectivity index (χ0n) is 7.54. The highest BCUT2D eigenvalue weighted by molar-refractivity contribution is 4.90. The van der Waals surface area contributed by atoms with E-state index in [1.807, 2.05) is 24.6 Å². The molecule has 0 fully saturated rings. The Morgan fingerprint density at radius 3 is 2.55 bits per heavy atom. The van der Waals surface area contributed by atoms with Crippen LogP contribution in [0, 0.1) is 0 Å². The zero-order valence-corrected chi connectivity index (χ0v) is 7.54. The Labute approximate surface area is 68.2 Å². The number of rotatable bonds is 2. The molecule has 1 aromatic rings. The molecule has 0 aliphatic carbocycles. The first-order valence-corrected chi connectivity index (χ1v) is 4.08. The molecule has 1 heterocycles. The molecule has 1 aromatic heterocycles. The van der Waals surface area contributed by atoms with Crippen LogP contribution >= 0.6 is 0 Å². The number of hydrogen-bond donors (Lipinski definition) is 1. The zero-order chi connectivity index (χ0) is 8.69. The summed E-state index contributed by atoms with van der Waals surface area (Å²) in [6.45, 7) is 7.55. The highest BCUT2D eigenvalue weighted by atomic mass is 15.1. The van der Waals surface area contributed by atoms with Crippen LogP contribution in [0.1, 0.15) is 26.6 Å². The number of aromatic nitrogens is 2. The third kappa shape index (κ3) is 2.72.